The fraction of sp³-hybridized carbons (Fsp3) is 0.267. The van der Waals surface area contributed by atoms with Crippen molar-refractivity contribution < 1.29 is 14.3 Å². The number of nitrogens with zero attached hydrogens (tertiary/aromatic N) is 2. The second-order valence-corrected chi connectivity index (χ2v) is 4.56. The molecular formula is C15H17N3O3. The molecule has 0 saturated carbocycles. The zero-order chi connectivity index (χ0) is 15.2. The second-order valence-electron chi connectivity index (χ2n) is 4.56. The number of esters is 1. The molecule has 1 N–H and O–H groups in total. The molecule has 0 unspecified atom stereocenters. The largest absolute Gasteiger partial charge is 0.460 e. The molecule has 21 heavy (non-hydrogen) atoms. The number of nitrogens with one attached hydrogen (secondary N) is 1. The van der Waals surface area contributed by atoms with Crippen molar-refractivity contribution in [3.63, 3.8) is 0 Å². The number of hydrogen-bond acceptors (Lipinski definition) is 4. The summed E-state index contributed by atoms with van der Waals surface area (Å²) >= 11 is 0. The molecule has 2 aromatic rings. The van der Waals surface area contributed by atoms with E-state index in [1.165, 1.54) is 0 Å². The molecule has 1 aromatic heterocycles. The van der Waals surface area contributed by atoms with Gasteiger partial charge < -0.3 is 10.1 Å². The minimum atomic E-state index is -0.436. The summed E-state index contributed by atoms with van der Waals surface area (Å²) in [4.78, 5) is 23.6. The molecule has 0 aliphatic carbocycles. The smallest absolute Gasteiger partial charge is 0.341 e. The minimum absolute atomic E-state index is 0.117. The Labute approximate surface area is 122 Å². The summed E-state index contributed by atoms with van der Waals surface area (Å²) in [7, 11) is 1.74. The van der Waals surface area contributed by atoms with Crippen molar-refractivity contribution in [2.75, 3.05) is 13.2 Å². The van der Waals surface area contributed by atoms with Gasteiger partial charge in [0, 0.05) is 18.8 Å². The Kier molecular flexibility index (Phi) is 4.71. The van der Waals surface area contributed by atoms with Crippen LogP contribution in [0, 0.1) is 6.92 Å². The Morgan fingerprint density at radius 3 is 2.62 bits per heavy atom. The molecule has 0 saturated heterocycles. The first-order chi connectivity index (χ1) is 10.1. The van der Waals surface area contributed by atoms with Crippen molar-refractivity contribution in [3.05, 3.63) is 53.3 Å². The standard InChI is InChI=1S/C15H17N3O3/c1-11-13(10-18(2)17-11)15(20)21-9-8-16-14(19)12-6-4-3-5-7-12/h3-7,10H,8-9H2,1-2H3,(H,16,19). The number of hydrogen-bond donors (Lipinski definition) is 1. The average molecular weight is 287 g/mol. The van der Waals surface area contributed by atoms with Crippen LogP contribution in [0.15, 0.2) is 36.5 Å². The van der Waals surface area contributed by atoms with Gasteiger partial charge in [-0.3, -0.25) is 9.48 Å². The van der Waals surface area contributed by atoms with Crippen LogP contribution in [-0.4, -0.2) is 34.8 Å². The highest BCUT2D eigenvalue weighted by Crippen LogP contribution is 2.06. The molecule has 110 valence electrons. The monoisotopic (exact) mass is 287 g/mol. The van der Waals surface area contributed by atoms with Crippen LogP contribution >= 0.6 is 0 Å². The van der Waals surface area contributed by atoms with Gasteiger partial charge in [0.1, 0.15) is 12.2 Å². The van der Waals surface area contributed by atoms with Crippen molar-refractivity contribution in [2.45, 2.75) is 6.92 Å². The zero-order valence-corrected chi connectivity index (χ0v) is 12.0. The van der Waals surface area contributed by atoms with Gasteiger partial charge in [-0.15, -0.1) is 0 Å². The van der Waals surface area contributed by atoms with Gasteiger partial charge in [-0.1, -0.05) is 18.2 Å². The zero-order valence-electron chi connectivity index (χ0n) is 12.0. The number of rotatable bonds is 5. The Morgan fingerprint density at radius 1 is 1.29 bits per heavy atom. The third-order valence-corrected chi connectivity index (χ3v) is 2.89. The van der Waals surface area contributed by atoms with Crippen LogP contribution in [0.4, 0.5) is 0 Å². The molecule has 0 bridgehead atoms. The van der Waals surface area contributed by atoms with Crippen LogP contribution in [0.1, 0.15) is 26.4 Å². The van der Waals surface area contributed by atoms with Crippen LogP contribution in [0.3, 0.4) is 0 Å². The predicted octanol–water partition coefficient (Wildman–Crippen LogP) is 1.32. The van der Waals surface area contributed by atoms with E-state index in [9.17, 15) is 9.59 Å². The van der Waals surface area contributed by atoms with Gasteiger partial charge in [-0.25, -0.2) is 4.79 Å². The van der Waals surface area contributed by atoms with Crippen LogP contribution in [-0.2, 0) is 11.8 Å². The van der Waals surface area contributed by atoms with E-state index in [1.54, 1.807) is 49.1 Å². The summed E-state index contributed by atoms with van der Waals surface area (Å²) in [5.74, 6) is -0.626. The first-order valence-electron chi connectivity index (χ1n) is 6.58. The van der Waals surface area contributed by atoms with E-state index in [0.29, 0.717) is 16.8 Å². The first-order valence-corrected chi connectivity index (χ1v) is 6.58. The lowest BCUT2D eigenvalue weighted by Gasteiger charge is -2.06. The Balaban J connectivity index is 1.76. The molecule has 1 heterocycles. The lowest BCUT2D eigenvalue weighted by molar-refractivity contribution is 0.0502. The van der Waals surface area contributed by atoms with Crippen LogP contribution in [0.2, 0.25) is 0 Å². The van der Waals surface area contributed by atoms with Crippen LogP contribution in [0.25, 0.3) is 0 Å². The normalized spacial score (nSPS) is 10.2. The Morgan fingerprint density at radius 2 is 2.00 bits per heavy atom. The van der Waals surface area contributed by atoms with Gasteiger partial charge in [-0.2, -0.15) is 5.10 Å². The van der Waals surface area contributed by atoms with Crippen molar-refractivity contribution in [2.24, 2.45) is 7.05 Å². The van der Waals surface area contributed by atoms with Gasteiger partial charge in [0.2, 0.25) is 0 Å². The molecular weight excluding hydrogens is 270 g/mol. The quantitative estimate of drug-likeness (QED) is 0.665. The molecule has 0 spiro atoms. The summed E-state index contributed by atoms with van der Waals surface area (Å²) in [5.41, 5.74) is 1.63. The van der Waals surface area contributed by atoms with Gasteiger partial charge in [0.15, 0.2) is 0 Å². The topological polar surface area (TPSA) is 73.2 Å². The van der Waals surface area contributed by atoms with Crippen molar-refractivity contribution in [1.29, 1.82) is 0 Å². The minimum Gasteiger partial charge on any atom is -0.460 e. The fourth-order valence-corrected chi connectivity index (χ4v) is 1.88. The molecule has 0 aliphatic heterocycles. The van der Waals surface area contributed by atoms with E-state index in [1.807, 2.05) is 6.07 Å². The van der Waals surface area contributed by atoms with Gasteiger partial charge in [-0.05, 0) is 19.1 Å². The molecule has 2 rings (SSSR count). The number of aromatic nitrogens is 2. The van der Waals surface area contributed by atoms with E-state index in [-0.39, 0.29) is 19.1 Å². The summed E-state index contributed by atoms with van der Waals surface area (Å²) < 4.78 is 6.66. The van der Waals surface area contributed by atoms with Gasteiger partial charge >= 0.3 is 5.97 Å². The maximum atomic E-state index is 11.8. The summed E-state index contributed by atoms with van der Waals surface area (Å²) in [6, 6.07) is 8.87. The molecule has 6 nitrogen and oxygen atoms in total. The second kappa shape index (κ2) is 6.69. The number of carbonyl (C=O) groups excluding carboxylic acids is 2. The number of aryl methyl sites for hydroxylation is 2. The number of amides is 1. The van der Waals surface area contributed by atoms with Crippen LogP contribution in [0.5, 0.6) is 0 Å². The van der Waals surface area contributed by atoms with E-state index in [0.717, 1.165) is 0 Å². The summed E-state index contributed by atoms with van der Waals surface area (Å²) in [6.07, 6.45) is 1.61. The van der Waals surface area contributed by atoms with Crippen molar-refractivity contribution >= 4 is 11.9 Å². The fourth-order valence-electron chi connectivity index (χ4n) is 1.88. The summed E-state index contributed by atoms with van der Waals surface area (Å²) in [6.45, 7) is 2.12. The van der Waals surface area contributed by atoms with Gasteiger partial charge in [0.05, 0.1) is 12.2 Å². The van der Waals surface area contributed by atoms with E-state index in [4.69, 9.17) is 4.74 Å². The number of carbonyl (C=O) groups is 2. The molecule has 1 aromatic carbocycles. The highest BCUT2D eigenvalue weighted by molar-refractivity contribution is 5.94. The highest BCUT2D eigenvalue weighted by atomic mass is 16.5. The molecule has 6 heteroatoms. The van der Waals surface area contributed by atoms with Crippen LogP contribution < -0.4 is 5.32 Å². The molecule has 0 aliphatic rings. The number of ether oxygens (including phenoxy) is 1. The first kappa shape index (κ1) is 14.8. The predicted molar refractivity (Wildman–Crippen MR) is 77.0 cm³/mol. The average Bonchev–Trinajstić information content (AvgIpc) is 2.83. The molecule has 0 atom stereocenters. The number of benzene rings is 1. The third kappa shape index (κ3) is 3.92. The van der Waals surface area contributed by atoms with Crippen molar-refractivity contribution in [3.8, 4) is 0 Å². The molecule has 0 fully saturated rings. The lowest BCUT2D eigenvalue weighted by Crippen LogP contribution is -2.28. The lowest BCUT2D eigenvalue weighted by atomic mass is 10.2. The maximum Gasteiger partial charge on any atom is 0.341 e. The van der Waals surface area contributed by atoms with Crippen molar-refractivity contribution in [1.82, 2.24) is 15.1 Å². The van der Waals surface area contributed by atoms with E-state index >= 15 is 0 Å². The third-order valence-electron chi connectivity index (χ3n) is 2.89. The highest BCUT2D eigenvalue weighted by Gasteiger charge is 2.13. The van der Waals surface area contributed by atoms with Gasteiger partial charge in [0.25, 0.3) is 5.91 Å². The maximum absolute atomic E-state index is 11.8. The SMILES string of the molecule is Cc1nn(C)cc1C(=O)OCCNC(=O)c1ccccc1. The Hall–Kier alpha value is -2.63. The van der Waals surface area contributed by atoms with E-state index in [2.05, 4.69) is 10.4 Å². The Bertz CT molecular complexity index is 635. The molecule has 0 radical (unpaired) electrons. The van der Waals surface area contributed by atoms with E-state index < -0.39 is 5.97 Å². The molecule has 1 amide bonds. The summed E-state index contributed by atoms with van der Waals surface area (Å²) in [5, 5.41) is 6.76.